The summed E-state index contributed by atoms with van der Waals surface area (Å²) in [7, 11) is 0. The predicted octanol–water partition coefficient (Wildman–Crippen LogP) is 3.04. The van der Waals surface area contributed by atoms with Gasteiger partial charge in [-0.15, -0.1) is 0 Å². The minimum atomic E-state index is -0.684. The van der Waals surface area contributed by atoms with Crippen LogP contribution in [0.2, 0.25) is 0 Å². The third-order valence-corrected chi connectivity index (χ3v) is 4.80. The summed E-state index contributed by atoms with van der Waals surface area (Å²) in [5, 5.41) is 8.52. The van der Waals surface area contributed by atoms with Crippen molar-refractivity contribution in [1.29, 1.82) is 0 Å². The molecule has 1 aliphatic heterocycles. The van der Waals surface area contributed by atoms with Gasteiger partial charge in [-0.3, -0.25) is 19.8 Å². The Labute approximate surface area is 138 Å². The fourth-order valence-electron chi connectivity index (χ4n) is 3.84. The molecule has 1 aliphatic carbocycles. The second-order valence-electron chi connectivity index (χ2n) is 7.28. The molecule has 0 saturated heterocycles. The Morgan fingerprint density at radius 3 is 2.62 bits per heavy atom. The van der Waals surface area contributed by atoms with E-state index in [9.17, 15) is 14.0 Å². The zero-order valence-electron chi connectivity index (χ0n) is 13.5. The summed E-state index contributed by atoms with van der Waals surface area (Å²) in [5.74, 6) is -0.623. The van der Waals surface area contributed by atoms with Crippen molar-refractivity contribution in [3.05, 3.63) is 62.8 Å². The lowest BCUT2D eigenvalue weighted by molar-refractivity contribution is -0.118. The predicted molar refractivity (Wildman–Crippen MR) is 88.3 cm³/mol. The number of H-pyrrole nitrogens is 2. The lowest BCUT2D eigenvalue weighted by Crippen LogP contribution is -2.35. The number of nitrogens with one attached hydrogen (secondary N) is 3. The van der Waals surface area contributed by atoms with E-state index < -0.39 is 11.7 Å². The van der Waals surface area contributed by atoms with E-state index in [2.05, 4.69) is 15.5 Å². The van der Waals surface area contributed by atoms with E-state index in [-0.39, 0.29) is 16.8 Å². The van der Waals surface area contributed by atoms with Crippen molar-refractivity contribution in [2.45, 2.75) is 32.6 Å². The van der Waals surface area contributed by atoms with Crippen molar-refractivity contribution >= 4 is 11.6 Å². The van der Waals surface area contributed by atoms with Crippen LogP contribution in [0.25, 0.3) is 0 Å². The van der Waals surface area contributed by atoms with Gasteiger partial charge in [-0.05, 0) is 17.9 Å². The first-order chi connectivity index (χ1) is 11.4. The average molecular weight is 327 g/mol. The number of fused-ring (bicyclic) bond motifs is 1. The summed E-state index contributed by atoms with van der Waals surface area (Å²) >= 11 is 0. The molecule has 24 heavy (non-hydrogen) atoms. The summed E-state index contributed by atoms with van der Waals surface area (Å²) in [6.45, 7) is 4.06. The first kappa shape index (κ1) is 14.9. The molecule has 4 rings (SSSR count). The number of halogens is 1. The lowest BCUT2D eigenvalue weighted by Gasteiger charge is -2.37. The normalized spacial score (nSPS) is 22.0. The van der Waals surface area contributed by atoms with Gasteiger partial charge in [0, 0.05) is 23.3 Å². The van der Waals surface area contributed by atoms with Gasteiger partial charge in [0.05, 0.1) is 11.5 Å². The number of anilines is 1. The third kappa shape index (κ3) is 2.13. The number of aromatic nitrogens is 2. The number of hydrogen-bond donors (Lipinski definition) is 3. The molecule has 6 heteroatoms. The summed E-state index contributed by atoms with van der Waals surface area (Å²) in [6, 6.07) is 6.32. The van der Waals surface area contributed by atoms with Crippen LogP contribution in [0.1, 0.15) is 43.7 Å². The van der Waals surface area contributed by atoms with Crippen molar-refractivity contribution in [3.8, 4) is 0 Å². The highest BCUT2D eigenvalue weighted by atomic mass is 19.1. The molecule has 124 valence electrons. The SMILES string of the molecule is CC1(C)CC(=O)C2=C(C1)Nc1[nH][nH]c(=O)c1C2c1ccccc1F. The highest BCUT2D eigenvalue weighted by Gasteiger charge is 2.42. The number of hydrogen-bond acceptors (Lipinski definition) is 3. The van der Waals surface area contributed by atoms with Gasteiger partial charge >= 0.3 is 0 Å². The molecule has 2 aliphatic rings. The van der Waals surface area contributed by atoms with Crippen LogP contribution in [0.15, 0.2) is 40.3 Å². The Morgan fingerprint density at radius 2 is 1.88 bits per heavy atom. The Bertz CT molecular complexity index is 936. The first-order valence-corrected chi connectivity index (χ1v) is 7.95. The Balaban J connectivity index is 1.99. The summed E-state index contributed by atoms with van der Waals surface area (Å²) in [4.78, 5) is 25.1. The van der Waals surface area contributed by atoms with E-state index in [1.54, 1.807) is 18.2 Å². The summed E-state index contributed by atoms with van der Waals surface area (Å²) < 4.78 is 14.5. The van der Waals surface area contributed by atoms with E-state index in [1.165, 1.54) is 6.07 Å². The van der Waals surface area contributed by atoms with Gasteiger partial charge in [-0.2, -0.15) is 0 Å². The Kier molecular flexibility index (Phi) is 3.07. The van der Waals surface area contributed by atoms with Gasteiger partial charge in [0.25, 0.3) is 5.56 Å². The molecule has 1 aromatic heterocycles. The third-order valence-electron chi connectivity index (χ3n) is 4.80. The Morgan fingerprint density at radius 1 is 1.12 bits per heavy atom. The maximum Gasteiger partial charge on any atom is 0.270 e. The molecule has 2 heterocycles. The van der Waals surface area contributed by atoms with Gasteiger partial charge < -0.3 is 5.32 Å². The van der Waals surface area contributed by atoms with E-state index in [0.29, 0.717) is 35.4 Å². The van der Waals surface area contributed by atoms with Crippen LogP contribution in [-0.2, 0) is 4.79 Å². The quantitative estimate of drug-likeness (QED) is 0.753. The number of allylic oxidation sites excluding steroid dienone is 2. The molecule has 0 amide bonds. The van der Waals surface area contributed by atoms with Crippen molar-refractivity contribution < 1.29 is 9.18 Å². The minimum Gasteiger partial charge on any atom is -0.343 e. The molecule has 2 aromatic rings. The largest absolute Gasteiger partial charge is 0.343 e. The van der Waals surface area contributed by atoms with Crippen LogP contribution in [0.5, 0.6) is 0 Å². The fourth-order valence-corrected chi connectivity index (χ4v) is 3.84. The van der Waals surface area contributed by atoms with Crippen LogP contribution in [0.3, 0.4) is 0 Å². The van der Waals surface area contributed by atoms with Crippen LogP contribution >= 0.6 is 0 Å². The van der Waals surface area contributed by atoms with E-state index in [1.807, 2.05) is 13.8 Å². The van der Waals surface area contributed by atoms with Crippen molar-refractivity contribution in [2.24, 2.45) is 5.41 Å². The maximum atomic E-state index is 14.5. The zero-order chi connectivity index (χ0) is 17.1. The van der Waals surface area contributed by atoms with Crippen molar-refractivity contribution in [2.75, 3.05) is 5.32 Å². The minimum absolute atomic E-state index is 0.0340. The fraction of sp³-hybridized carbons (Fsp3) is 0.333. The molecule has 0 saturated carbocycles. The van der Waals surface area contributed by atoms with Gasteiger partial charge in [-0.1, -0.05) is 32.0 Å². The second kappa shape index (κ2) is 4.93. The summed E-state index contributed by atoms with van der Waals surface area (Å²) in [5.41, 5.74) is 1.49. The van der Waals surface area contributed by atoms with Gasteiger partial charge in [0.2, 0.25) is 0 Å². The number of Topliss-reactive ketones (excluding diaryl/α,β-unsaturated/α-hetero) is 1. The van der Waals surface area contributed by atoms with Crippen molar-refractivity contribution in [3.63, 3.8) is 0 Å². The van der Waals surface area contributed by atoms with Gasteiger partial charge in [0.15, 0.2) is 5.78 Å². The van der Waals surface area contributed by atoms with Gasteiger partial charge in [-0.25, -0.2) is 4.39 Å². The monoisotopic (exact) mass is 327 g/mol. The van der Waals surface area contributed by atoms with E-state index in [0.717, 1.165) is 5.70 Å². The number of rotatable bonds is 1. The van der Waals surface area contributed by atoms with Crippen LogP contribution in [0.4, 0.5) is 10.2 Å². The molecule has 5 nitrogen and oxygen atoms in total. The Hall–Kier alpha value is -2.63. The molecule has 0 bridgehead atoms. The topological polar surface area (TPSA) is 77.8 Å². The van der Waals surface area contributed by atoms with Gasteiger partial charge in [0.1, 0.15) is 11.6 Å². The highest BCUT2D eigenvalue weighted by Crippen LogP contribution is 2.47. The molecule has 0 spiro atoms. The molecule has 3 N–H and O–H groups in total. The number of benzene rings is 1. The highest BCUT2D eigenvalue weighted by molar-refractivity contribution is 6.01. The second-order valence-corrected chi connectivity index (χ2v) is 7.28. The molecule has 1 aromatic carbocycles. The smallest absolute Gasteiger partial charge is 0.270 e. The van der Waals surface area contributed by atoms with Crippen LogP contribution < -0.4 is 10.9 Å². The molecule has 0 radical (unpaired) electrons. The number of ketones is 1. The average Bonchev–Trinajstić information content (AvgIpc) is 2.86. The van der Waals surface area contributed by atoms with Crippen molar-refractivity contribution in [1.82, 2.24) is 10.2 Å². The molecule has 1 unspecified atom stereocenters. The number of carbonyl (C=O) groups excluding carboxylic acids is 1. The molecular weight excluding hydrogens is 309 g/mol. The zero-order valence-corrected chi connectivity index (χ0v) is 13.5. The lowest BCUT2D eigenvalue weighted by atomic mass is 9.69. The number of aromatic amines is 2. The molecule has 1 atom stereocenters. The summed E-state index contributed by atoms with van der Waals surface area (Å²) in [6.07, 6.45) is 1.06. The molecule has 0 fully saturated rings. The van der Waals surface area contributed by atoms with Crippen LogP contribution in [0, 0.1) is 11.2 Å². The van der Waals surface area contributed by atoms with E-state index >= 15 is 0 Å². The van der Waals surface area contributed by atoms with E-state index in [4.69, 9.17) is 0 Å². The molecular formula is C18H18FN3O2. The first-order valence-electron chi connectivity index (χ1n) is 7.95. The standard InChI is InChI=1S/C18H18FN3O2/c1-18(2)7-11-14(12(23)8-18)13(9-5-3-4-6-10(9)19)15-16(20-11)21-22-17(15)24/h3-6,13H,7-8H2,1-2H3,(H3,20,21,22,24). The number of carbonyl (C=O) groups is 1. The maximum absolute atomic E-state index is 14.5. The van der Waals surface area contributed by atoms with Crippen LogP contribution in [-0.4, -0.2) is 16.0 Å².